The fourth-order valence-electron chi connectivity index (χ4n) is 4.89. The molecule has 2 aliphatic carbocycles. The molecular weight excluding hydrogens is 326 g/mol. The maximum atomic E-state index is 9.50. The van der Waals surface area contributed by atoms with Crippen LogP contribution < -0.4 is 11.1 Å². The molecule has 0 amide bonds. The molecule has 3 aliphatic rings. The molecule has 1 saturated heterocycles. The highest BCUT2D eigenvalue weighted by atomic mass is 16.3. The van der Waals surface area contributed by atoms with Gasteiger partial charge in [0.15, 0.2) is 0 Å². The zero-order chi connectivity index (χ0) is 17.9. The molecule has 0 unspecified atom stereocenters. The van der Waals surface area contributed by atoms with E-state index >= 15 is 0 Å². The van der Waals surface area contributed by atoms with Crippen LogP contribution in [0.15, 0.2) is 6.07 Å². The zero-order valence-electron chi connectivity index (χ0n) is 15.7. The van der Waals surface area contributed by atoms with E-state index in [-0.39, 0.29) is 6.10 Å². The number of aromatic nitrogens is 2. The number of aliphatic hydroxyl groups excluding tert-OH is 1. The van der Waals surface area contributed by atoms with Crippen LogP contribution in [0.3, 0.4) is 0 Å². The van der Waals surface area contributed by atoms with Crippen molar-refractivity contribution < 1.29 is 5.11 Å². The number of rotatable bonds is 6. The van der Waals surface area contributed by atoms with E-state index in [0.717, 1.165) is 42.9 Å². The molecule has 2 saturated carbocycles. The first-order valence-electron chi connectivity index (χ1n) is 10.5. The Bertz CT molecular complexity index is 590. The Morgan fingerprint density at radius 2 is 1.85 bits per heavy atom. The van der Waals surface area contributed by atoms with Crippen LogP contribution in [0.2, 0.25) is 0 Å². The Labute approximate surface area is 156 Å². The van der Waals surface area contributed by atoms with Crippen LogP contribution in [0.4, 0.5) is 11.8 Å². The molecule has 1 aromatic heterocycles. The number of nitrogen functional groups attached to an aromatic ring is 1. The summed E-state index contributed by atoms with van der Waals surface area (Å²) < 4.78 is 0. The first-order valence-corrected chi connectivity index (χ1v) is 10.5. The van der Waals surface area contributed by atoms with Crippen molar-refractivity contribution in [2.75, 3.05) is 30.7 Å². The maximum Gasteiger partial charge on any atom is 0.222 e. The van der Waals surface area contributed by atoms with E-state index in [9.17, 15) is 5.11 Å². The van der Waals surface area contributed by atoms with Gasteiger partial charge in [-0.3, -0.25) is 0 Å². The first-order chi connectivity index (χ1) is 12.7. The number of hydrogen-bond donors (Lipinski definition) is 3. The summed E-state index contributed by atoms with van der Waals surface area (Å²) in [6, 6.07) is 2.89. The van der Waals surface area contributed by atoms with Crippen LogP contribution >= 0.6 is 0 Å². The minimum Gasteiger partial charge on any atom is -0.393 e. The van der Waals surface area contributed by atoms with Gasteiger partial charge in [0.2, 0.25) is 5.95 Å². The molecule has 144 valence electrons. The van der Waals surface area contributed by atoms with E-state index < -0.39 is 0 Å². The zero-order valence-corrected chi connectivity index (χ0v) is 15.7. The van der Waals surface area contributed by atoms with Gasteiger partial charge in [0.05, 0.1) is 11.8 Å². The maximum absolute atomic E-state index is 9.50. The number of nitrogens with zero attached hydrogens (tertiary/aromatic N) is 3. The van der Waals surface area contributed by atoms with E-state index in [1.54, 1.807) is 0 Å². The molecule has 0 spiro atoms. The molecule has 1 aliphatic heterocycles. The Hall–Kier alpha value is -1.40. The van der Waals surface area contributed by atoms with Gasteiger partial charge in [0, 0.05) is 24.6 Å². The molecule has 3 fully saturated rings. The number of aliphatic hydroxyl groups is 1. The van der Waals surface area contributed by atoms with Crippen molar-refractivity contribution >= 4 is 11.8 Å². The lowest BCUT2D eigenvalue weighted by atomic mass is 9.80. The lowest BCUT2D eigenvalue weighted by Gasteiger charge is -2.36. The minimum atomic E-state index is -0.178. The topological polar surface area (TPSA) is 87.3 Å². The molecule has 2 heterocycles. The van der Waals surface area contributed by atoms with Crippen LogP contribution in [-0.2, 0) is 0 Å². The second kappa shape index (κ2) is 8.09. The fourth-order valence-corrected chi connectivity index (χ4v) is 4.89. The van der Waals surface area contributed by atoms with Crippen molar-refractivity contribution in [3.8, 4) is 0 Å². The summed E-state index contributed by atoms with van der Waals surface area (Å²) in [5.41, 5.74) is 6.84. The predicted octanol–water partition coefficient (Wildman–Crippen LogP) is 2.75. The van der Waals surface area contributed by atoms with Gasteiger partial charge < -0.3 is 21.1 Å². The fraction of sp³-hybridized carbons (Fsp3) is 0.800. The lowest BCUT2D eigenvalue weighted by Crippen LogP contribution is -2.40. The second-order valence-electron chi connectivity index (χ2n) is 8.49. The van der Waals surface area contributed by atoms with Gasteiger partial charge in [-0.1, -0.05) is 12.8 Å². The lowest BCUT2D eigenvalue weighted by molar-refractivity contribution is 0.0732. The van der Waals surface area contributed by atoms with Crippen molar-refractivity contribution in [2.24, 2.45) is 5.92 Å². The molecule has 6 heteroatoms. The van der Waals surface area contributed by atoms with E-state index in [2.05, 4.69) is 20.2 Å². The van der Waals surface area contributed by atoms with Gasteiger partial charge in [-0.25, -0.2) is 4.98 Å². The highest BCUT2D eigenvalue weighted by Gasteiger charge is 2.30. The van der Waals surface area contributed by atoms with E-state index in [1.165, 1.54) is 58.0 Å². The average Bonchev–Trinajstić information content (AvgIpc) is 3.14. The van der Waals surface area contributed by atoms with E-state index in [0.29, 0.717) is 11.9 Å². The molecule has 1 aromatic rings. The summed E-state index contributed by atoms with van der Waals surface area (Å²) in [6.07, 6.45) is 10.9. The van der Waals surface area contributed by atoms with Crippen LogP contribution in [0.5, 0.6) is 0 Å². The molecular formula is C20H33N5O. The largest absolute Gasteiger partial charge is 0.393 e. The van der Waals surface area contributed by atoms with Gasteiger partial charge in [-0.05, 0) is 64.0 Å². The molecule has 4 N–H and O–H groups in total. The molecule has 0 radical (unpaired) electrons. The van der Waals surface area contributed by atoms with Crippen LogP contribution in [0.1, 0.15) is 69.4 Å². The number of hydrogen-bond acceptors (Lipinski definition) is 6. The number of nitrogens with two attached hydrogens (primary N) is 1. The third-order valence-corrected chi connectivity index (χ3v) is 6.64. The Morgan fingerprint density at radius 3 is 2.54 bits per heavy atom. The van der Waals surface area contributed by atoms with E-state index in [1.807, 2.05) is 6.07 Å². The number of anilines is 2. The first kappa shape index (κ1) is 18.0. The van der Waals surface area contributed by atoms with Gasteiger partial charge in [0.25, 0.3) is 0 Å². The summed E-state index contributed by atoms with van der Waals surface area (Å²) in [6.45, 7) is 3.51. The van der Waals surface area contributed by atoms with Crippen molar-refractivity contribution in [2.45, 2.75) is 75.9 Å². The number of nitrogens with one attached hydrogen (secondary N) is 1. The summed E-state index contributed by atoms with van der Waals surface area (Å²) in [5, 5.41) is 12.9. The van der Waals surface area contributed by atoms with Gasteiger partial charge >= 0.3 is 0 Å². The molecule has 0 atom stereocenters. The highest BCUT2D eigenvalue weighted by molar-refractivity contribution is 5.41. The predicted molar refractivity (Wildman–Crippen MR) is 104 cm³/mol. The average molecular weight is 360 g/mol. The van der Waals surface area contributed by atoms with E-state index in [4.69, 9.17) is 5.73 Å². The molecule has 26 heavy (non-hydrogen) atoms. The second-order valence-corrected chi connectivity index (χ2v) is 8.49. The van der Waals surface area contributed by atoms with Crippen molar-refractivity contribution in [1.82, 2.24) is 14.9 Å². The molecule has 0 aromatic carbocycles. The van der Waals surface area contributed by atoms with Crippen LogP contribution in [0, 0.1) is 5.92 Å². The summed E-state index contributed by atoms with van der Waals surface area (Å²) in [4.78, 5) is 11.4. The SMILES string of the molecule is Nc1nc(NCCC2CCN(C3CCCC3)CC2)cc(C2CC(O)C2)n1. The third kappa shape index (κ3) is 4.29. The molecule has 0 bridgehead atoms. The molecule has 4 rings (SSSR count). The summed E-state index contributed by atoms with van der Waals surface area (Å²) in [5.74, 6) is 2.31. The van der Waals surface area contributed by atoms with Crippen molar-refractivity contribution in [1.29, 1.82) is 0 Å². The summed E-state index contributed by atoms with van der Waals surface area (Å²) in [7, 11) is 0. The van der Waals surface area contributed by atoms with Crippen LogP contribution in [-0.4, -0.2) is 51.8 Å². The highest BCUT2D eigenvalue weighted by Crippen LogP contribution is 2.36. The third-order valence-electron chi connectivity index (χ3n) is 6.64. The van der Waals surface area contributed by atoms with Gasteiger partial charge in [0.1, 0.15) is 5.82 Å². The van der Waals surface area contributed by atoms with Gasteiger partial charge in [-0.2, -0.15) is 4.98 Å². The van der Waals surface area contributed by atoms with Crippen molar-refractivity contribution in [3.05, 3.63) is 11.8 Å². The monoisotopic (exact) mass is 359 g/mol. The standard InChI is InChI=1S/C20H33N5O/c21-20-23-18(15-11-17(26)12-15)13-19(24-20)22-8-5-14-6-9-25(10-7-14)16-3-1-2-4-16/h13-17,26H,1-12H2,(H3,21,22,23,24). The number of piperidine rings is 1. The Morgan fingerprint density at radius 1 is 1.12 bits per heavy atom. The number of likely N-dealkylation sites (tertiary alicyclic amines) is 1. The van der Waals surface area contributed by atoms with Gasteiger partial charge in [-0.15, -0.1) is 0 Å². The van der Waals surface area contributed by atoms with Crippen LogP contribution in [0.25, 0.3) is 0 Å². The minimum absolute atomic E-state index is 0.178. The molecule has 6 nitrogen and oxygen atoms in total. The quantitative estimate of drug-likeness (QED) is 0.724. The Balaban J connectivity index is 1.21. The Kier molecular flexibility index (Phi) is 5.60. The smallest absolute Gasteiger partial charge is 0.222 e. The normalized spacial score (nSPS) is 28.2. The van der Waals surface area contributed by atoms with Crippen molar-refractivity contribution in [3.63, 3.8) is 0 Å². The summed E-state index contributed by atoms with van der Waals surface area (Å²) >= 11 is 0.